The van der Waals surface area contributed by atoms with Gasteiger partial charge in [-0.15, -0.1) is 10.2 Å². The Bertz CT molecular complexity index is 897. The average Bonchev–Trinajstić information content (AvgIpc) is 3.39. The van der Waals surface area contributed by atoms with Crippen molar-refractivity contribution in [2.75, 3.05) is 0 Å². The summed E-state index contributed by atoms with van der Waals surface area (Å²) in [6, 6.07) is 11.3. The molecule has 140 valence electrons. The summed E-state index contributed by atoms with van der Waals surface area (Å²) in [7, 11) is 0. The molecule has 3 aromatic rings. The lowest BCUT2D eigenvalue weighted by Crippen LogP contribution is -2.37. The summed E-state index contributed by atoms with van der Waals surface area (Å²) in [4.78, 5) is 12.4. The van der Waals surface area contributed by atoms with E-state index in [1.165, 1.54) is 0 Å². The van der Waals surface area contributed by atoms with Crippen LogP contribution in [0.5, 0.6) is 0 Å². The van der Waals surface area contributed by atoms with Gasteiger partial charge in [-0.05, 0) is 25.7 Å². The maximum Gasteiger partial charge on any atom is 0.273 e. The molecule has 2 N–H and O–H groups in total. The molecule has 0 unspecified atom stereocenters. The highest BCUT2D eigenvalue weighted by atomic mass is 16.5. The molecule has 1 aliphatic rings. The van der Waals surface area contributed by atoms with Crippen LogP contribution in [0.2, 0.25) is 0 Å². The van der Waals surface area contributed by atoms with Gasteiger partial charge in [0.25, 0.3) is 5.91 Å². The molecule has 1 saturated carbocycles. The first kappa shape index (κ1) is 17.4. The molecule has 4 rings (SSSR count). The van der Waals surface area contributed by atoms with Gasteiger partial charge in [-0.2, -0.15) is 0 Å². The van der Waals surface area contributed by atoms with Gasteiger partial charge in [-0.25, -0.2) is 0 Å². The molecule has 0 aliphatic heterocycles. The summed E-state index contributed by atoms with van der Waals surface area (Å²) in [5.41, 5.74) is 1.16. The lowest BCUT2D eigenvalue weighted by atomic mass is 9.86. The normalized spacial score (nSPS) is 19.7. The van der Waals surface area contributed by atoms with E-state index in [4.69, 9.17) is 14.0 Å². The van der Waals surface area contributed by atoms with E-state index in [9.17, 15) is 4.79 Å². The molecule has 2 heterocycles. The Labute approximate surface area is 155 Å². The van der Waals surface area contributed by atoms with Gasteiger partial charge >= 0.3 is 0 Å². The number of nitrogens with one attached hydrogen (secondary N) is 1. The van der Waals surface area contributed by atoms with Gasteiger partial charge in [0.2, 0.25) is 11.8 Å². The molecule has 0 spiro atoms. The molecular formula is C19H20N4O4. The minimum Gasteiger partial charge on any atom is -0.422 e. The number of aliphatic hydroxyl groups excluding tert-OH is 1. The summed E-state index contributed by atoms with van der Waals surface area (Å²) in [5.74, 6) is 1.31. The van der Waals surface area contributed by atoms with Gasteiger partial charge in [0.05, 0.1) is 0 Å². The molecule has 1 amide bonds. The second-order valence-electron chi connectivity index (χ2n) is 6.66. The summed E-state index contributed by atoms with van der Waals surface area (Å²) < 4.78 is 10.7. The molecule has 0 atom stereocenters. The van der Waals surface area contributed by atoms with E-state index in [1.54, 1.807) is 6.07 Å². The molecule has 0 bridgehead atoms. The van der Waals surface area contributed by atoms with Crippen LogP contribution in [-0.2, 0) is 6.61 Å². The zero-order valence-electron chi connectivity index (χ0n) is 14.7. The van der Waals surface area contributed by atoms with E-state index in [0.717, 1.165) is 31.2 Å². The van der Waals surface area contributed by atoms with Crippen molar-refractivity contribution in [3.8, 4) is 11.3 Å². The summed E-state index contributed by atoms with van der Waals surface area (Å²) >= 11 is 0. The summed E-state index contributed by atoms with van der Waals surface area (Å²) in [6.45, 7) is -0.249. The Kier molecular flexibility index (Phi) is 4.97. The highest BCUT2D eigenvalue weighted by molar-refractivity contribution is 5.93. The van der Waals surface area contributed by atoms with Crippen molar-refractivity contribution >= 4 is 5.91 Å². The predicted octanol–water partition coefficient (Wildman–Crippen LogP) is 2.67. The Balaban J connectivity index is 1.32. The number of carbonyl (C=O) groups excluding carboxylic acids is 1. The second-order valence-corrected chi connectivity index (χ2v) is 6.66. The first-order valence-corrected chi connectivity index (χ1v) is 8.99. The zero-order valence-corrected chi connectivity index (χ0v) is 14.7. The summed E-state index contributed by atoms with van der Waals surface area (Å²) in [5, 5.41) is 23.7. The first-order chi connectivity index (χ1) is 13.2. The number of hydrogen-bond donors (Lipinski definition) is 2. The number of carbonyl (C=O) groups is 1. The van der Waals surface area contributed by atoms with Crippen LogP contribution in [0.3, 0.4) is 0 Å². The third kappa shape index (κ3) is 3.90. The molecule has 2 aromatic heterocycles. The molecule has 1 aliphatic carbocycles. The van der Waals surface area contributed by atoms with Crippen LogP contribution in [-0.4, -0.2) is 32.4 Å². The van der Waals surface area contributed by atoms with Crippen LogP contribution < -0.4 is 5.32 Å². The fourth-order valence-electron chi connectivity index (χ4n) is 3.36. The Morgan fingerprint density at radius 2 is 1.93 bits per heavy atom. The van der Waals surface area contributed by atoms with Crippen molar-refractivity contribution in [3.63, 3.8) is 0 Å². The van der Waals surface area contributed by atoms with Gasteiger partial charge < -0.3 is 19.4 Å². The number of aliphatic hydroxyl groups is 1. The molecule has 1 aromatic carbocycles. The highest BCUT2D eigenvalue weighted by Gasteiger charge is 2.28. The predicted molar refractivity (Wildman–Crippen MR) is 94.6 cm³/mol. The van der Waals surface area contributed by atoms with Crippen LogP contribution in [0.1, 0.15) is 53.9 Å². The van der Waals surface area contributed by atoms with Crippen molar-refractivity contribution in [2.45, 2.75) is 44.2 Å². The standard InChI is InChI=1S/C19H20N4O4/c24-11-17-21-22-19(26-17)13-6-8-14(9-7-13)20-18(25)15-10-16(27-23-15)12-4-2-1-3-5-12/h1-5,10,13-14,24H,6-9,11H2,(H,20,25)/t13-,14+. The average molecular weight is 368 g/mol. The number of nitrogens with zero attached hydrogens (tertiary/aromatic N) is 3. The van der Waals surface area contributed by atoms with Crippen LogP contribution in [0, 0.1) is 0 Å². The van der Waals surface area contributed by atoms with Crippen LogP contribution >= 0.6 is 0 Å². The van der Waals surface area contributed by atoms with Gasteiger partial charge in [0.1, 0.15) is 6.61 Å². The van der Waals surface area contributed by atoms with E-state index in [2.05, 4.69) is 20.7 Å². The smallest absolute Gasteiger partial charge is 0.273 e. The number of aromatic nitrogens is 3. The zero-order chi connectivity index (χ0) is 18.6. The molecule has 0 saturated heterocycles. The molecule has 0 radical (unpaired) electrons. The van der Waals surface area contributed by atoms with Gasteiger partial charge in [0, 0.05) is 23.6 Å². The third-order valence-electron chi connectivity index (χ3n) is 4.83. The quantitative estimate of drug-likeness (QED) is 0.711. The number of benzene rings is 1. The van der Waals surface area contributed by atoms with Crippen molar-refractivity contribution in [2.24, 2.45) is 0 Å². The topological polar surface area (TPSA) is 114 Å². The molecule has 8 nitrogen and oxygen atoms in total. The van der Waals surface area contributed by atoms with E-state index < -0.39 is 0 Å². The van der Waals surface area contributed by atoms with E-state index in [1.807, 2.05) is 30.3 Å². The van der Waals surface area contributed by atoms with E-state index >= 15 is 0 Å². The Morgan fingerprint density at radius 3 is 2.63 bits per heavy atom. The number of hydrogen-bond acceptors (Lipinski definition) is 7. The highest BCUT2D eigenvalue weighted by Crippen LogP contribution is 2.32. The van der Waals surface area contributed by atoms with Crippen molar-refractivity contribution in [1.82, 2.24) is 20.7 Å². The van der Waals surface area contributed by atoms with Gasteiger partial charge in [0.15, 0.2) is 11.5 Å². The van der Waals surface area contributed by atoms with Crippen LogP contribution in [0.25, 0.3) is 11.3 Å². The van der Waals surface area contributed by atoms with Gasteiger partial charge in [-0.3, -0.25) is 4.79 Å². The fraction of sp³-hybridized carbons (Fsp3) is 0.368. The van der Waals surface area contributed by atoms with Crippen molar-refractivity contribution in [3.05, 3.63) is 53.9 Å². The third-order valence-corrected chi connectivity index (χ3v) is 4.83. The van der Waals surface area contributed by atoms with Crippen LogP contribution in [0.15, 0.2) is 45.3 Å². The fourth-order valence-corrected chi connectivity index (χ4v) is 3.36. The lowest BCUT2D eigenvalue weighted by Gasteiger charge is -2.26. The number of rotatable bonds is 5. The van der Waals surface area contributed by atoms with E-state index in [0.29, 0.717) is 11.7 Å². The molecule has 1 fully saturated rings. The Morgan fingerprint density at radius 1 is 1.15 bits per heavy atom. The SMILES string of the molecule is O=C(N[C@H]1CC[C@@H](c2nnc(CO)o2)CC1)c1cc(-c2ccccc2)on1. The largest absolute Gasteiger partial charge is 0.422 e. The van der Waals surface area contributed by atoms with Gasteiger partial charge in [-0.1, -0.05) is 35.5 Å². The molecular weight excluding hydrogens is 348 g/mol. The maximum atomic E-state index is 12.4. The van der Waals surface area contributed by atoms with Crippen molar-refractivity contribution < 1.29 is 18.8 Å². The van der Waals surface area contributed by atoms with E-state index in [-0.39, 0.29) is 36.1 Å². The Hall–Kier alpha value is -3.00. The minimum atomic E-state index is -0.249. The second kappa shape index (κ2) is 7.71. The molecule has 8 heteroatoms. The van der Waals surface area contributed by atoms with Crippen molar-refractivity contribution in [1.29, 1.82) is 0 Å². The maximum absolute atomic E-state index is 12.4. The summed E-state index contributed by atoms with van der Waals surface area (Å²) in [6.07, 6.45) is 3.31. The number of amides is 1. The minimum absolute atomic E-state index is 0.0749. The monoisotopic (exact) mass is 368 g/mol. The first-order valence-electron chi connectivity index (χ1n) is 8.99. The lowest BCUT2D eigenvalue weighted by molar-refractivity contribution is 0.0915. The van der Waals surface area contributed by atoms with Crippen LogP contribution in [0.4, 0.5) is 0 Å². The molecule has 27 heavy (non-hydrogen) atoms.